The van der Waals surface area contributed by atoms with Crippen LogP contribution >= 0.6 is 0 Å². The minimum atomic E-state index is -4.31. The molecule has 0 unspecified atom stereocenters. The first kappa shape index (κ1) is 19.6. The van der Waals surface area contributed by atoms with Gasteiger partial charge in [0, 0.05) is 5.39 Å². The van der Waals surface area contributed by atoms with Crippen molar-refractivity contribution >= 4 is 32.3 Å². The molecule has 25 heavy (non-hydrogen) atoms. The summed E-state index contributed by atoms with van der Waals surface area (Å²) in [7, 11) is -4.31. The van der Waals surface area contributed by atoms with Crippen molar-refractivity contribution in [3.05, 3.63) is 60.2 Å². The van der Waals surface area contributed by atoms with Crippen LogP contribution in [0.3, 0.4) is 0 Å². The van der Waals surface area contributed by atoms with Gasteiger partial charge in [-0.15, -0.1) is 0 Å². The number of azo groups is 1. The largest absolute Gasteiger partial charge is 1.00 e. The molecule has 0 spiro atoms. The fourth-order valence-corrected chi connectivity index (χ4v) is 2.85. The molecule has 0 atom stereocenters. The van der Waals surface area contributed by atoms with Crippen LogP contribution in [0, 0.1) is 6.92 Å². The molecule has 0 aliphatic rings. The van der Waals surface area contributed by atoms with E-state index in [4.69, 9.17) is 4.55 Å². The Bertz CT molecular complexity index is 1070. The summed E-state index contributed by atoms with van der Waals surface area (Å²) in [6, 6.07) is 14.1. The SMILES string of the molecule is Cc1cccc(N=Nc2c([O-])ccc3cc(S(=O)(=O)O)ccc23)c1.[Na+]. The number of benzene rings is 3. The molecular formula is C17H13N2NaO4S. The summed E-state index contributed by atoms with van der Waals surface area (Å²) < 4.78 is 31.6. The summed E-state index contributed by atoms with van der Waals surface area (Å²) in [6.07, 6.45) is 0. The van der Waals surface area contributed by atoms with Crippen LogP contribution in [0.5, 0.6) is 5.75 Å². The first-order chi connectivity index (χ1) is 11.3. The van der Waals surface area contributed by atoms with Crippen LogP contribution < -0.4 is 34.7 Å². The van der Waals surface area contributed by atoms with Crippen LogP contribution in [0.1, 0.15) is 5.56 Å². The van der Waals surface area contributed by atoms with Gasteiger partial charge in [-0.05, 0) is 42.1 Å². The van der Waals surface area contributed by atoms with Crippen molar-refractivity contribution < 1.29 is 47.6 Å². The van der Waals surface area contributed by atoms with E-state index in [2.05, 4.69) is 10.2 Å². The van der Waals surface area contributed by atoms with Gasteiger partial charge in [-0.1, -0.05) is 36.1 Å². The third-order valence-electron chi connectivity index (χ3n) is 3.49. The van der Waals surface area contributed by atoms with Crippen molar-refractivity contribution in [3.8, 4) is 5.75 Å². The van der Waals surface area contributed by atoms with E-state index in [1.165, 1.54) is 30.3 Å². The molecule has 0 aliphatic carbocycles. The van der Waals surface area contributed by atoms with E-state index in [0.717, 1.165) is 5.56 Å². The van der Waals surface area contributed by atoms with Crippen molar-refractivity contribution in [2.24, 2.45) is 10.2 Å². The predicted molar refractivity (Wildman–Crippen MR) is 88.6 cm³/mol. The van der Waals surface area contributed by atoms with Gasteiger partial charge in [-0.25, -0.2) is 0 Å². The maximum atomic E-state index is 12.1. The number of aryl methyl sites for hydroxylation is 1. The first-order valence-corrected chi connectivity index (χ1v) is 8.48. The van der Waals surface area contributed by atoms with E-state index in [1.54, 1.807) is 6.07 Å². The number of hydrogen-bond acceptors (Lipinski definition) is 5. The van der Waals surface area contributed by atoms with Crippen LogP contribution in [0.15, 0.2) is 69.7 Å². The van der Waals surface area contributed by atoms with E-state index >= 15 is 0 Å². The van der Waals surface area contributed by atoms with E-state index in [9.17, 15) is 13.5 Å². The molecule has 0 heterocycles. The van der Waals surface area contributed by atoms with Gasteiger partial charge in [-0.2, -0.15) is 18.6 Å². The van der Waals surface area contributed by atoms with Crippen molar-refractivity contribution in [3.63, 3.8) is 0 Å². The number of nitrogens with zero attached hydrogens (tertiary/aromatic N) is 2. The molecule has 0 amide bonds. The van der Waals surface area contributed by atoms with Gasteiger partial charge in [0.15, 0.2) is 0 Å². The van der Waals surface area contributed by atoms with Gasteiger partial charge < -0.3 is 5.11 Å². The molecule has 8 heteroatoms. The van der Waals surface area contributed by atoms with Crippen LogP contribution in [0.4, 0.5) is 11.4 Å². The van der Waals surface area contributed by atoms with Crippen molar-refractivity contribution in [2.75, 3.05) is 0 Å². The molecule has 0 fully saturated rings. The maximum Gasteiger partial charge on any atom is 1.00 e. The number of hydrogen-bond donors (Lipinski definition) is 1. The van der Waals surface area contributed by atoms with E-state index < -0.39 is 10.1 Å². The average molecular weight is 364 g/mol. The van der Waals surface area contributed by atoms with Crippen LogP contribution in [-0.4, -0.2) is 13.0 Å². The van der Waals surface area contributed by atoms with Crippen LogP contribution in [-0.2, 0) is 10.1 Å². The third-order valence-corrected chi connectivity index (χ3v) is 4.34. The fourth-order valence-electron chi connectivity index (χ4n) is 2.33. The molecule has 0 bridgehead atoms. The Morgan fingerprint density at radius 1 is 1.00 bits per heavy atom. The molecule has 0 aliphatic heterocycles. The topological polar surface area (TPSA) is 102 Å². The average Bonchev–Trinajstić information content (AvgIpc) is 2.52. The smallest absolute Gasteiger partial charge is 0.871 e. The van der Waals surface area contributed by atoms with Gasteiger partial charge in [0.1, 0.15) is 0 Å². The van der Waals surface area contributed by atoms with Gasteiger partial charge in [-0.3, -0.25) is 4.55 Å². The Kier molecular flexibility index (Phi) is 5.97. The second-order valence-corrected chi connectivity index (χ2v) is 6.73. The predicted octanol–water partition coefficient (Wildman–Crippen LogP) is 0.888. The second kappa shape index (κ2) is 7.63. The normalized spacial score (nSPS) is 11.6. The van der Waals surface area contributed by atoms with Crippen molar-refractivity contribution in [1.82, 2.24) is 0 Å². The van der Waals surface area contributed by atoms with Crippen LogP contribution in [0.25, 0.3) is 10.8 Å². The molecule has 0 radical (unpaired) electrons. The maximum absolute atomic E-state index is 12.1. The Hall–Kier alpha value is -1.77. The van der Waals surface area contributed by atoms with Gasteiger partial charge in [0.25, 0.3) is 10.1 Å². The summed E-state index contributed by atoms with van der Waals surface area (Å²) in [5.41, 5.74) is 1.75. The number of rotatable bonds is 3. The molecule has 0 saturated carbocycles. The molecule has 0 aromatic heterocycles. The third kappa shape index (κ3) is 4.45. The molecule has 3 aromatic carbocycles. The zero-order valence-electron chi connectivity index (χ0n) is 13.7. The molecular weight excluding hydrogens is 351 g/mol. The Labute approximate surface area is 167 Å². The summed E-state index contributed by atoms with van der Waals surface area (Å²) in [6.45, 7) is 1.92. The summed E-state index contributed by atoms with van der Waals surface area (Å²) >= 11 is 0. The van der Waals surface area contributed by atoms with Crippen LogP contribution in [0.2, 0.25) is 0 Å². The molecule has 1 N–H and O–H groups in total. The Morgan fingerprint density at radius 3 is 2.44 bits per heavy atom. The second-order valence-electron chi connectivity index (χ2n) is 5.31. The molecule has 122 valence electrons. The van der Waals surface area contributed by atoms with Crippen molar-refractivity contribution in [2.45, 2.75) is 11.8 Å². The quantitative estimate of drug-likeness (QED) is 0.423. The molecule has 3 rings (SSSR count). The summed E-state index contributed by atoms with van der Waals surface area (Å²) in [4.78, 5) is -0.241. The Balaban J connectivity index is 0.00000225. The molecule has 3 aromatic rings. The first-order valence-electron chi connectivity index (χ1n) is 7.04. The monoisotopic (exact) mass is 364 g/mol. The Morgan fingerprint density at radius 2 is 1.76 bits per heavy atom. The van der Waals surface area contributed by atoms with E-state index in [-0.39, 0.29) is 45.9 Å². The summed E-state index contributed by atoms with van der Waals surface area (Å²) in [5.74, 6) is -0.321. The minimum Gasteiger partial charge on any atom is -0.871 e. The number of fused-ring (bicyclic) bond motifs is 1. The molecule has 6 nitrogen and oxygen atoms in total. The molecule has 0 saturated heterocycles. The van der Waals surface area contributed by atoms with E-state index in [1.807, 2.05) is 25.1 Å². The zero-order chi connectivity index (χ0) is 17.3. The fraction of sp³-hybridized carbons (Fsp3) is 0.0588. The van der Waals surface area contributed by atoms with E-state index in [0.29, 0.717) is 16.5 Å². The van der Waals surface area contributed by atoms with Crippen molar-refractivity contribution in [1.29, 1.82) is 0 Å². The van der Waals surface area contributed by atoms with Gasteiger partial charge >= 0.3 is 29.6 Å². The standard InChI is InChI=1S/C17H14N2O4S.Na/c1-11-3-2-4-13(9-11)18-19-17-15-7-6-14(24(21,22)23)10-12(15)5-8-16(17)20;/h2-10,20H,1H3,(H,21,22,23);/q;+1/p-1. The van der Waals surface area contributed by atoms with Gasteiger partial charge in [0.2, 0.25) is 0 Å². The zero-order valence-corrected chi connectivity index (χ0v) is 16.5. The minimum absolute atomic E-state index is 0. The van der Waals surface area contributed by atoms with Gasteiger partial charge in [0.05, 0.1) is 16.3 Å². The summed E-state index contributed by atoms with van der Waals surface area (Å²) in [5, 5.41) is 21.1.